The Bertz CT molecular complexity index is 1080. The van der Waals surface area contributed by atoms with Crippen LogP contribution in [-0.2, 0) is 11.2 Å². The summed E-state index contributed by atoms with van der Waals surface area (Å²) in [6.45, 7) is 6.25. The molecule has 0 saturated heterocycles. The quantitative estimate of drug-likeness (QED) is 0.488. The highest BCUT2D eigenvalue weighted by atomic mass is 35.5. The molecular formula is C23H24ClN3O3S. The molecule has 3 rings (SSSR count). The zero-order valence-electron chi connectivity index (χ0n) is 17.6. The number of thiazole rings is 1. The van der Waals surface area contributed by atoms with Gasteiger partial charge in [0.25, 0.3) is 5.91 Å². The maximum atomic E-state index is 12.6. The molecule has 0 fully saturated rings. The number of nitrogens with one attached hydrogen (secondary N) is 2. The van der Waals surface area contributed by atoms with E-state index >= 15 is 0 Å². The van der Waals surface area contributed by atoms with Crippen LogP contribution in [0.4, 0.5) is 5.69 Å². The topological polar surface area (TPSA) is 80.3 Å². The second-order valence-corrected chi connectivity index (χ2v) is 8.39. The van der Waals surface area contributed by atoms with Gasteiger partial charge in [0.05, 0.1) is 35.0 Å². The van der Waals surface area contributed by atoms with E-state index in [9.17, 15) is 9.59 Å². The Labute approximate surface area is 190 Å². The summed E-state index contributed by atoms with van der Waals surface area (Å²) in [5.41, 5.74) is 2.36. The number of amides is 2. The Morgan fingerprint density at radius 3 is 2.71 bits per heavy atom. The van der Waals surface area contributed by atoms with Gasteiger partial charge in [-0.05, 0) is 51.1 Å². The molecule has 0 spiro atoms. The maximum absolute atomic E-state index is 12.6. The number of hydrogen-bond acceptors (Lipinski definition) is 5. The van der Waals surface area contributed by atoms with Gasteiger partial charge >= 0.3 is 0 Å². The summed E-state index contributed by atoms with van der Waals surface area (Å²) in [6, 6.07) is 12.5. The van der Waals surface area contributed by atoms with Crippen molar-refractivity contribution in [1.29, 1.82) is 0 Å². The van der Waals surface area contributed by atoms with Gasteiger partial charge in [0.2, 0.25) is 5.91 Å². The number of benzene rings is 2. The molecule has 0 atom stereocenters. The zero-order valence-corrected chi connectivity index (χ0v) is 19.1. The van der Waals surface area contributed by atoms with E-state index in [1.54, 1.807) is 18.2 Å². The minimum absolute atomic E-state index is 0.00735. The second kappa shape index (κ2) is 10.4. The second-order valence-electron chi connectivity index (χ2n) is 7.12. The number of carbonyl (C=O) groups excluding carboxylic acids is 2. The van der Waals surface area contributed by atoms with Crippen molar-refractivity contribution in [1.82, 2.24) is 10.3 Å². The first kappa shape index (κ1) is 22.8. The number of ether oxygens (including phenoxy) is 1. The van der Waals surface area contributed by atoms with Crippen molar-refractivity contribution in [3.63, 3.8) is 0 Å². The molecule has 6 nitrogen and oxygen atoms in total. The third kappa shape index (κ3) is 6.06. The van der Waals surface area contributed by atoms with Crippen LogP contribution in [0, 0.1) is 0 Å². The Kier molecular flexibility index (Phi) is 7.65. The average Bonchev–Trinajstić information content (AvgIpc) is 3.18. The largest absolute Gasteiger partial charge is 0.493 e. The van der Waals surface area contributed by atoms with Crippen LogP contribution in [-0.4, -0.2) is 29.4 Å². The number of anilines is 1. The fourth-order valence-corrected chi connectivity index (χ4v) is 3.92. The van der Waals surface area contributed by atoms with Gasteiger partial charge in [0.1, 0.15) is 10.8 Å². The number of halogens is 1. The van der Waals surface area contributed by atoms with E-state index in [4.69, 9.17) is 16.3 Å². The number of carbonyl (C=O) groups is 2. The van der Waals surface area contributed by atoms with Crippen molar-refractivity contribution < 1.29 is 14.3 Å². The molecule has 0 aliphatic rings. The molecule has 0 bridgehead atoms. The number of para-hydroxylation sites is 1. The van der Waals surface area contributed by atoms with E-state index in [1.807, 2.05) is 50.4 Å². The van der Waals surface area contributed by atoms with Crippen molar-refractivity contribution in [2.24, 2.45) is 0 Å². The highest BCUT2D eigenvalue weighted by molar-refractivity contribution is 7.13. The van der Waals surface area contributed by atoms with Gasteiger partial charge in [-0.2, -0.15) is 0 Å². The monoisotopic (exact) mass is 457 g/mol. The summed E-state index contributed by atoms with van der Waals surface area (Å²) < 4.78 is 5.67. The van der Waals surface area contributed by atoms with Crippen LogP contribution in [0.1, 0.15) is 36.8 Å². The van der Waals surface area contributed by atoms with E-state index in [2.05, 4.69) is 15.6 Å². The highest BCUT2D eigenvalue weighted by Gasteiger charge is 2.15. The number of aromatic nitrogens is 1. The van der Waals surface area contributed by atoms with Gasteiger partial charge in [-0.15, -0.1) is 11.3 Å². The summed E-state index contributed by atoms with van der Waals surface area (Å²) >= 11 is 7.67. The number of rotatable bonds is 8. The molecule has 2 N–H and O–H groups in total. The van der Waals surface area contributed by atoms with Gasteiger partial charge in [-0.1, -0.05) is 23.7 Å². The van der Waals surface area contributed by atoms with Crippen LogP contribution in [0.5, 0.6) is 5.75 Å². The van der Waals surface area contributed by atoms with Crippen molar-refractivity contribution in [2.75, 3.05) is 11.9 Å². The minimum Gasteiger partial charge on any atom is -0.493 e. The molecule has 0 radical (unpaired) electrons. The number of hydrogen-bond donors (Lipinski definition) is 2. The van der Waals surface area contributed by atoms with E-state index < -0.39 is 0 Å². The van der Waals surface area contributed by atoms with Gasteiger partial charge in [0, 0.05) is 17.0 Å². The lowest BCUT2D eigenvalue weighted by atomic mass is 10.1. The molecule has 0 aliphatic heterocycles. The smallest absolute Gasteiger partial charge is 0.251 e. The van der Waals surface area contributed by atoms with E-state index in [1.165, 1.54) is 11.3 Å². The zero-order chi connectivity index (χ0) is 22.4. The van der Waals surface area contributed by atoms with Crippen molar-refractivity contribution in [2.45, 2.75) is 33.2 Å². The molecular weight excluding hydrogens is 434 g/mol. The van der Waals surface area contributed by atoms with Crippen LogP contribution in [0.3, 0.4) is 0 Å². The Hall–Kier alpha value is -2.90. The summed E-state index contributed by atoms with van der Waals surface area (Å²) in [7, 11) is 0. The normalized spacial score (nSPS) is 10.7. The molecule has 31 heavy (non-hydrogen) atoms. The SMILES string of the molecule is CCOc1ccccc1-c1nc(CC(=O)Nc2cc(C(=O)NC(C)C)ccc2Cl)cs1. The first-order valence-corrected chi connectivity index (χ1v) is 11.2. The molecule has 162 valence electrons. The van der Waals surface area contributed by atoms with Crippen LogP contribution < -0.4 is 15.4 Å². The van der Waals surface area contributed by atoms with Gasteiger partial charge < -0.3 is 15.4 Å². The molecule has 0 saturated carbocycles. The van der Waals surface area contributed by atoms with Crippen LogP contribution in [0.2, 0.25) is 5.02 Å². The molecule has 1 heterocycles. The Morgan fingerprint density at radius 1 is 1.19 bits per heavy atom. The summed E-state index contributed by atoms with van der Waals surface area (Å²) in [4.78, 5) is 29.4. The van der Waals surface area contributed by atoms with Gasteiger partial charge in [-0.3, -0.25) is 9.59 Å². The fourth-order valence-electron chi connectivity index (χ4n) is 2.90. The van der Waals surface area contributed by atoms with Crippen LogP contribution in [0.25, 0.3) is 10.6 Å². The lowest BCUT2D eigenvalue weighted by Crippen LogP contribution is -2.30. The van der Waals surface area contributed by atoms with Crippen LogP contribution in [0.15, 0.2) is 47.8 Å². The van der Waals surface area contributed by atoms with Crippen molar-refractivity contribution in [3.8, 4) is 16.3 Å². The highest BCUT2D eigenvalue weighted by Crippen LogP contribution is 2.32. The third-order valence-corrected chi connectivity index (χ3v) is 5.49. The molecule has 2 amide bonds. The van der Waals surface area contributed by atoms with Crippen LogP contribution >= 0.6 is 22.9 Å². The minimum atomic E-state index is -0.265. The summed E-state index contributed by atoms with van der Waals surface area (Å²) in [5.74, 6) is 0.274. The van der Waals surface area contributed by atoms with Gasteiger partial charge in [0.15, 0.2) is 0 Å². The van der Waals surface area contributed by atoms with E-state index in [0.29, 0.717) is 28.6 Å². The lowest BCUT2D eigenvalue weighted by Gasteiger charge is -2.11. The van der Waals surface area contributed by atoms with Gasteiger partial charge in [-0.25, -0.2) is 4.98 Å². The van der Waals surface area contributed by atoms with E-state index in [-0.39, 0.29) is 24.3 Å². The molecule has 8 heteroatoms. The molecule has 0 unspecified atom stereocenters. The predicted octanol–water partition coefficient (Wildman–Crippen LogP) is 5.18. The Morgan fingerprint density at radius 2 is 1.97 bits per heavy atom. The summed E-state index contributed by atoms with van der Waals surface area (Å²) in [6.07, 6.45) is 0.0893. The average molecular weight is 458 g/mol. The van der Waals surface area contributed by atoms with Crippen molar-refractivity contribution in [3.05, 3.63) is 64.1 Å². The molecule has 2 aromatic carbocycles. The predicted molar refractivity (Wildman–Crippen MR) is 125 cm³/mol. The Balaban J connectivity index is 1.70. The first-order valence-electron chi connectivity index (χ1n) is 9.94. The first-order chi connectivity index (χ1) is 14.9. The molecule has 3 aromatic rings. The number of nitrogens with zero attached hydrogens (tertiary/aromatic N) is 1. The standard InChI is InChI=1S/C23H24ClN3O3S/c1-4-30-20-8-6-5-7-17(20)23-26-16(13-31-23)12-21(28)27-19-11-15(9-10-18(19)24)22(29)25-14(2)3/h5-11,13-14H,4,12H2,1-3H3,(H,25,29)(H,27,28). The third-order valence-electron chi connectivity index (χ3n) is 4.23. The van der Waals surface area contributed by atoms with Crippen molar-refractivity contribution >= 4 is 40.4 Å². The fraction of sp³-hybridized carbons (Fsp3) is 0.261. The maximum Gasteiger partial charge on any atom is 0.251 e. The summed E-state index contributed by atoms with van der Waals surface area (Å²) in [5, 5.41) is 8.60. The lowest BCUT2D eigenvalue weighted by molar-refractivity contribution is -0.115. The molecule has 1 aromatic heterocycles. The van der Waals surface area contributed by atoms with E-state index in [0.717, 1.165) is 16.3 Å². The molecule has 0 aliphatic carbocycles.